The Kier molecular flexibility index (Phi) is 0.990. The lowest BCUT2D eigenvalue weighted by Crippen LogP contribution is -1.90. The van der Waals surface area contributed by atoms with Crippen molar-refractivity contribution in [3.8, 4) is 0 Å². The largest absolute Gasteiger partial charge is 0.302 e. The van der Waals surface area contributed by atoms with Gasteiger partial charge in [0.1, 0.15) is 5.82 Å². The molecule has 0 aliphatic carbocycles. The number of rotatable bonds is 0. The summed E-state index contributed by atoms with van der Waals surface area (Å²) in [5.41, 5.74) is 0. The molecular weight excluding hydrogens is 138 g/mol. The van der Waals surface area contributed by atoms with Crippen molar-refractivity contribution in [3.63, 3.8) is 0 Å². The highest BCUT2D eigenvalue weighted by Crippen LogP contribution is 2.16. The van der Waals surface area contributed by atoms with Crippen molar-refractivity contribution >= 4 is 11.6 Å². The van der Waals surface area contributed by atoms with Crippen LogP contribution in [0.25, 0.3) is 0 Å². The van der Waals surface area contributed by atoms with Crippen LogP contribution in [0, 0.1) is 0 Å². The summed E-state index contributed by atoms with van der Waals surface area (Å²) < 4.78 is 1.95. The van der Waals surface area contributed by atoms with Crippen LogP contribution in [0.3, 0.4) is 0 Å². The zero-order valence-electron chi connectivity index (χ0n) is 4.84. The Morgan fingerprint density at radius 3 is 3.11 bits per heavy atom. The van der Waals surface area contributed by atoms with Gasteiger partial charge in [-0.1, -0.05) is 0 Å². The van der Waals surface area contributed by atoms with Gasteiger partial charge in [-0.15, -0.1) is 10.2 Å². The summed E-state index contributed by atoms with van der Waals surface area (Å²) in [6.45, 7) is 0.987. The minimum Gasteiger partial charge on any atom is -0.302 e. The third kappa shape index (κ3) is 0.645. The molecule has 2 rings (SSSR count). The summed E-state index contributed by atoms with van der Waals surface area (Å²) in [7, 11) is 0. The third-order valence-electron chi connectivity index (χ3n) is 1.56. The maximum absolute atomic E-state index is 5.67. The molecule has 9 heavy (non-hydrogen) atoms. The monoisotopic (exact) mass is 143 g/mol. The average Bonchev–Trinajstić information content (AvgIpc) is 2.35. The van der Waals surface area contributed by atoms with Gasteiger partial charge in [-0.2, -0.15) is 0 Å². The van der Waals surface area contributed by atoms with Gasteiger partial charge < -0.3 is 4.57 Å². The fraction of sp³-hybridized carbons (Fsp3) is 0.600. The third-order valence-corrected chi connectivity index (χ3v) is 1.84. The molecule has 3 nitrogen and oxygen atoms in total. The second-order valence-electron chi connectivity index (χ2n) is 2.14. The summed E-state index contributed by atoms with van der Waals surface area (Å²) in [5, 5.41) is 8.12. The van der Waals surface area contributed by atoms with E-state index in [2.05, 4.69) is 10.2 Å². The van der Waals surface area contributed by atoms with E-state index in [1.165, 1.54) is 0 Å². The smallest absolute Gasteiger partial charge is 0.225 e. The first-order valence-electron chi connectivity index (χ1n) is 2.95. The normalized spacial score (nSPS) is 16.1. The van der Waals surface area contributed by atoms with Gasteiger partial charge >= 0.3 is 0 Å². The summed E-state index contributed by atoms with van der Waals surface area (Å²) in [6.07, 6.45) is 2.18. The van der Waals surface area contributed by atoms with E-state index in [9.17, 15) is 0 Å². The van der Waals surface area contributed by atoms with E-state index in [1.807, 2.05) is 4.57 Å². The molecule has 0 saturated heterocycles. The molecule has 0 fully saturated rings. The molecule has 0 unspecified atom stereocenters. The predicted octanol–water partition coefficient (Wildman–Crippen LogP) is 0.878. The van der Waals surface area contributed by atoms with Gasteiger partial charge in [0.2, 0.25) is 5.28 Å². The van der Waals surface area contributed by atoms with Crippen molar-refractivity contribution in [2.45, 2.75) is 19.4 Å². The molecule has 0 aromatic carbocycles. The molecule has 0 atom stereocenters. The highest BCUT2D eigenvalue weighted by atomic mass is 35.5. The van der Waals surface area contributed by atoms with Crippen molar-refractivity contribution in [3.05, 3.63) is 11.1 Å². The Balaban J connectivity index is 2.56. The van der Waals surface area contributed by atoms with Crippen molar-refractivity contribution in [2.75, 3.05) is 0 Å². The number of aromatic nitrogens is 3. The van der Waals surface area contributed by atoms with Crippen LogP contribution in [0.15, 0.2) is 0 Å². The first-order chi connectivity index (χ1) is 4.38. The number of nitrogens with zero attached hydrogens (tertiary/aromatic N) is 3. The average molecular weight is 144 g/mol. The van der Waals surface area contributed by atoms with E-state index in [0.717, 1.165) is 25.2 Å². The second kappa shape index (κ2) is 1.70. The Morgan fingerprint density at radius 1 is 1.44 bits per heavy atom. The number of hydrogen-bond donors (Lipinski definition) is 0. The van der Waals surface area contributed by atoms with Crippen molar-refractivity contribution < 1.29 is 0 Å². The minimum absolute atomic E-state index is 0.530. The fourth-order valence-electron chi connectivity index (χ4n) is 1.11. The molecule has 1 aromatic heterocycles. The molecule has 1 aromatic rings. The van der Waals surface area contributed by atoms with Gasteiger partial charge in [-0.05, 0) is 18.0 Å². The van der Waals surface area contributed by atoms with E-state index in [-0.39, 0.29) is 0 Å². The summed E-state index contributed by atoms with van der Waals surface area (Å²) >= 11 is 5.67. The van der Waals surface area contributed by atoms with Gasteiger partial charge in [0.05, 0.1) is 0 Å². The molecule has 2 heterocycles. The van der Waals surface area contributed by atoms with Crippen LogP contribution in [-0.4, -0.2) is 14.8 Å². The van der Waals surface area contributed by atoms with E-state index >= 15 is 0 Å². The number of fused-ring (bicyclic) bond motifs is 1. The zero-order valence-corrected chi connectivity index (χ0v) is 5.60. The number of aryl methyl sites for hydroxylation is 1. The van der Waals surface area contributed by atoms with Crippen molar-refractivity contribution in [2.24, 2.45) is 0 Å². The lowest BCUT2D eigenvalue weighted by molar-refractivity contribution is 0.742. The summed E-state index contributed by atoms with van der Waals surface area (Å²) in [6, 6.07) is 0. The highest BCUT2D eigenvalue weighted by molar-refractivity contribution is 6.28. The number of hydrogen-bond acceptors (Lipinski definition) is 2. The van der Waals surface area contributed by atoms with Crippen molar-refractivity contribution in [1.29, 1.82) is 0 Å². The van der Waals surface area contributed by atoms with Gasteiger partial charge in [-0.25, -0.2) is 0 Å². The van der Waals surface area contributed by atoms with Crippen LogP contribution < -0.4 is 0 Å². The van der Waals surface area contributed by atoms with Gasteiger partial charge in [0.25, 0.3) is 0 Å². The zero-order chi connectivity index (χ0) is 6.27. The lowest BCUT2D eigenvalue weighted by Gasteiger charge is -1.90. The standard InChI is InChI=1S/C5H6ClN3/c6-5-8-7-4-2-1-3-9(4)5/h1-3H2. The molecule has 1 aliphatic rings. The van der Waals surface area contributed by atoms with Crippen LogP contribution in [0.5, 0.6) is 0 Å². The quantitative estimate of drug-likeness (QED) is 0.540. The molecule has 1 aliphatic heterocycles. The van der Waals surface area contributed by atoms with Gasteiger partial charge in [0.15, 0.2) is 0 Å². The Hall–Kier alpha value is -0.570. The van der Waals surface area contributed by atoms with Crippen LogP contribution in [-0.2, 0) is 13.0 Å². The van der Waals surface area contributed by atoms with Gasteiger partial charge in [0, 0.05) is 13.0 Å². The highest BCUT2D eigenvalue weighted by Gasteiger charge is 2.14. The van der Waals surface area contributed by atoms with Crippen molar-refractivity contribution in [1.82, 2.24) is 14.8 Å². The van der Waals surface area contributed by atoms with Crippen LogP contribution in [0.4, 0.5) is 0 Å². The fourth-order valence-corrected chi connectivity index (χ4v) is 1.33. The van der Waals surface area contributed by atoms with Gasteiger partial charge in [-0.3, -0.25) is 0 Å². The summed E-state index contributed by atoms with van der Waals surface area (Å²) in [5.74, 6) is 1.03. The molecule has 0 N–H and O–H groups in total. The molecule has 0 bridgehead atoms. The van der Waals surface area contributed by atoms with Crippen LogP contribution in [0.1, 0.15) is 12.2 Å². The van der Waals surface area contributed by atoms with Crippen LogP contribution in [0.2, 0.25) is 5.28 Å². The Bertz CT molecular complexity index is 230. The second-order valence-corrected chi connectivity index (χ2v) is 2.48. The minimum atomic E-state index is 0.530. The van der Waals surface area contributed by atoms with E-state index < -0.39 is 0 Å². The first-order valence-corrected chi connectivity index (χ1v) is 3.33. The molecule has 0 spiro atoms. The predicted molar refractivity (Wildman–Crippen MR) is 33.4 cm³/mol. The first kappa shape index (κ1) is 5.23. The Labute approximate surface area is 57.7 Å². The Morgan fingerprint density at radius 2 is 2.33 bits per heavy atom. The SMILES string of the molecule is Clc1nnc2n1CCC2. The molecular formula is C5H6ClN3. The number of halogens is 1. The van der Waals surface area contributed by atoms with E-state index in [4.69, 9.17) is 11.6 Å². The molecule has 0 radical (unpaired) electrons. The van der Waals surface area contributed by atoms with E-state index in [1.54, 1.807) is 0 Å². The van der Waals surface area contributed by atoms with E-state index in [0.29, 0.717) is 5.28 Å². The lowest BCUT2D eigenvalue weighted by atomic mass is 10.4. The molecule has 0 saturated carbocycles. The topological polar surface area (TPSA) is 30.7 Å². The molecule has 48 valence electrons. The molecule has 4 heteroatoms. The molecule has 0 amide bonds. The maximum Gasteiger partial charge on any atom is 0.225 e. The maximum atomic E-state index is 5.67. The van der Waals surface area contributed by atoms with Crippen LogP contribution >= 0.6 is 11.6 Å². The summed E-state index contributed by atoms with van der Waals surface area (Å²) in [4.78, 5) is 0.